The first-order chi connectivity index (χ1) is 38.1. The Labute approximate surface area is 466 Å². The van der Waals surface area contributed by atoms with Gasteiger partial charge in [-0.25, -0.2) is 24.4 Å². The van der Waals surface area contributed by atoms with Gasteiger partial charge in [-0.05, 0) is 57.2 Å². The van der Waals surface area contributed by atoms with E-state index in [1.54, 1.807) is 130 Å². The lowest BCUT2D eigenvalue weighted by atomic mass is 10.2. The maximum absolute atomic E-state index is 13.1. The number of sulfonamides is 2. The van der Waals surface area contributed by atoms with Crippen molar-refractivity contribution in [3.8, 4) is 34.5 Å². The number of hydrogen-bond acceptors (Lipinski definition) is 17. The number of benzene rings is 4. The van der Waals surface area contributed by atoms with E-state index in [9.17, 15) is 41.1 Å². The maximum atomic E-state index is 13.1. The summed E-state index contributed by atoms with van der Waals surface area (Å²) in [7, 11) is 1.64. The summed E-state index contributed by atoms with van der Waals surface area (Å²) < 4.78 is 100. The molecule has 0 aliphatic heterocycles. The van der Waals surface area contributed by atoms with Gasteiger partial charge in [0.1, 0.15) is 35.1 Å². The van der Waals surface area contributed by atoms with Crippen LogP contribution >= 0.6 is 0 Å². The Morgan fingerprint density at radius 3 is 1.41 bits per heavy atom. The SMILES string of the molecule is CC(CO)COc1cccc(Oc2cc3c(cc2NS(=O)(=O)c2cn(C)cn2)n(C)c(=O)n3C)c1.CC(COC(=O)CNC(=O)OC(C)(C)C)COc1cccc(Oc2cc3c(cc2NS(=O)(=O)c2cn(C)cn2)n(C)c(=O)n3C)c1. The summed E-state index contributed by atoms with van der Waals surface area (Å²) in [4.78, 5) is 56.7. The molecule has 0 saturated carbocycles. The third kappa shape index (κ3) is 15.1. The summed E-state index contributed by atoms with van der Waals surface area (Å²) in [6, 6.07) is 19.8. The molecular weight excluding hydrogens is 1090 g/mol. The van der Waals surface area contributed by atoms with Crippen LogP contribution in [-0.2, 0) is 76.6 Å². The summed E-state index contributed by atoms with van der Waals surface area (Å²) in [5.74, 6) is 1.22. The van der Waals surface area contributed by atoms with Crippen LogP contribution in [0.15, 0.2) is 117 Å². The third-order valence-corrected chi connectivity index (χ3v) is 14.4. The molecule has 28 heteroatoms. The second kappa shape index (κ2) is 24.7. The number of nitrogens with one attached hydrogen (secondary N) is 3. The molecule has 0 aliphatic carbocycles. The predicted octanol–water partition coefficient (Wildman–Crippen LogP) is 5.50. The highest BCUT2D eigenvalue weighted by Gasteiger charge is 2.25. The quantitative estimate of drug-likeness (QED) is 0.0646. The van der Waals surface area contributed by atoms with Crippen molar-refractivity contribution in [2.45, 2.75) is 50.3 Å². The minimum absolute atomic E-state index is 0.00573. The Morgan fingerprint density at radius 2 is 1.01 bits per heavy atom. The van der Waals surface area contributed by atoms with Crippen LogP contribution in [0.25, 0.3) is 22.1 Å². The van der Waals surface area contributed by atoms with Crippen molar-refractivity contribution in [2.75, 3.05) is 42.4 Å². The molecule has 0 saturated heterocycles. The first-order valence-corrected chi connectivity index (χ1v) is 28.0. The summed E-state index contributed by atoms with van der Waals surface area (Å²) >= 11 is 0. The molecule has 4 N–H and O–H groups in total. The number of aryl methyl sites for hydroxylation is 6. The van der Waals surface area contributed by atoms with E-state index in [4.69, 9.17) is 28.4 Å². The number of hydrogen-bond donors (Lipinski definition) is 4. The second-order valence-electron chi connectivity index (χ2n) is 20.1. The zero-order valence-corrected chi connectivity index (χ0v) is 48.1. The van der Waals surface area contributed by atoms with Gasteiger partial charge < -0.3 is 48.0 Å². The highest BCUT2D eigenvalue weighted by atomic mass is 32.2. The Balaban J connectivity index is 0.000000242. The van der Waals surface area contributed by atoms with Crippen molar-refractivity contribution in [1.29, 1.82) is 0 Å². The Morgan fingerprint density at radius 1 is 0.605 bits per heavy atom. The van der Waals surface area contributed by atoms with Crippen molar-refractivity contribution in [3.63, 3.8) is 0 Å². The van der Waals surface area contributed by atoms with Crippen molar-refractivity contribution in [3.05, 3.63) is 119 Å². The molecule has 434 valence electrons. The predicted molar refractivity (Wildman–Crippen MR) is 299 cm³/mol. The summed E-state index contributed by atoms with van der Waals surface area (Å²) in [5, 5.41) is 11.2. The highest BCUT2D eigenvalue weighted by molar-refractivity contribution is 7.93. The van der Waals surface area contributed by atoms with Crippen LogP contribution in [0.3, 0.4) is 0 Å². The first kappa shape index (κ1) is 59.9. The summed E-state index contributed by atoms with van der Waals surface area (Å²) in [5.41, 5.74) is 1.12. The molecule has 1 amide bonds. The molecule has 4 aromatic heterocycles. The van der Waals surface area contributed by atoms with Crippen LogP contribution < -0.4 is 45.1 Å². The smallest absolute Gasteiger partial charge is 0.408 e. The van der Waals surface area contributed by atoms with E-state index in [-0.39, 0.29) is 82.5 Å². The fourth-order valence-electron chi connectivity index (χ4n) is 7.66. The topological polar surface area (TPSA) is 304 Å². The second-order valence-corrected chi connectivity index (χ2v) is 23.4. The number of aromatic nitrogens is 8. The van der Waals surface area contributed by atoms with Crippen LogP contribution in [0.2, 0.25) is 0 Å². The van der Waals surface area contributed by atoms with Gasteiger partial charge in [0.2, 0.25) is 0 Å². The molecule has 4 heterocycles. The molecule has 0 aliphatic rings. The minimum Gasteiger partial charge on any atom is -0.493 e. The number of amides is 1. The Hall–Kier alpha value is -8.76. The highest BCUT2D eigenvalue weighted by Crippen LogP contribution is 2.38. The van der Waals surface area contributed by atoms with Crippen molar-refractivity contribution < 1.29 is 60.0 Å². The van der Waals surface area contributed by atoms with E-state index in [0.717, 1.165) is 0 Å². The Bertz CT molecular complexity index is 3940. The molecular formula is C53H65N11O15S2. The van der Waals surface area contributed by atoms with Crippen molar-refractivity contribution in [1.82, 2.24) is 42.7 Å². The molecule has 81 heavy (non-hydrogen) atoms. The molecule has 2 atom stereocenters. The van der Waals surface area contributed by atoms with Gasteiger partial charge in [0.15, 0.2) is 21.6 Å². The van der Waals surface area contributed by atoms with E-state index in [1.165, 1.54) is 58.5 Å². The minimum atomic E-state index is -4.09. The molecule has 8 rings (SSSR count). The van der Waals surface area contributed by atoms with Crippen LogP contribution in [0.4, 0.5) is 16.2 Å². The lowest BCUT2D eigenvalue weighted by molar-refractivity contribution is -0.144. The van der Waals surface area contributed by atoms with Gasteiger partial charge in [-0.2, -0.15) is 16.8 Å². The number of fused-ring (bicyclic) bond motifs is 2. The van der Waals surface area contributed by atoms with Gasteiger partial charge in [-0.15, -0.1) is 0 Å². The Kier molecular flexibility index (Phi) is 18.3. The molecule has 8 aromatic rings. The number of esters is 1. The van der Waals surface area contributed by atoms with Crippen molar-refractivity contribution >= 4 is 65.6 Å². The summed E-state index contributed by atoms with van der Waals surface area (Å²) in [6.07, 6.45) is 4.79. The van der Waals surface area contributed by atoms with E-state index in [2.05, 4.69) is 24.7 Å². The number of nitrogens with zero attached hydrogens (tertiary/aromatic N) is 8. The molecule has 0 radical (unpaired) electrons. The molecule has 0 fully saturated rings. The summed E-state index contributed by atoms with van der Waals surface area (Å²) in [6.45, 7) is 9.10. The number of rotatable bonds is 21. The van der Waals surface area contributed by atoms with Crippen LogP contribution in [0, 0.1) is 11.8 Å². The number of carbonyl (C=O) groups is 2. The van der Waals surface area contributed by atoms with Gasteiger partial charge in [0.25, 0.3) is 20.0 Å². The number of carbonyl (C=O) groups excluding carboxylic acids is 2. The molecule has 2 unspecified atom stereocenters. The number of imidazole rings is 4. The van der Waals surface area contributed by atoms with Crippen LogP contribution in [-0.4, -0.2) is 110 Å². The van der Waals surface area contributed by atoms with Crippen LogP contribution in [0.1, 0.15) is 34.6 Å². The fraction of sp³-hybridized carbons (Fsp3) is 0.358. The fourth-order valence-corrected chi connectivity index (χ4v) is 9.75. The van der Waals surface area contributed by atoms with E-state index in [0.29, 0.717) is 51.7 Å². The van der Waals surface area contributed by atoms with Gasteiger partial charge in [-0.1, -0.05) is 26.0 Å². The lowest BCUT2D eigenvalue weighted by Crippen LogP contribution is -2.36. The molecule has 0 spiro atoms. The maximum Gasteiger partial charge on any atom is 0.408 e. The number of aliphatic hydroxyl groups excluding tert-OH is 1. The normalized spacial score (nSPS) is 12.5. The molecule has 4 aromatic carbocycles. The van der Waals surface area contributed by atoms with E-state index in [1.807, 2.05) is 13.8 Å². The van der Waals surface area contributed by atoms with Gasteiger partial charge in [0, 0.05) is 97.4 Å². The number of alkyl carbamates (subject to hydrolysis) is 1. The average molecular weight is 1160 g/mol. The third-order valence-electron chi connectivity index (χ3n) is 11.9. The zero-order valence-electron chi connectivity index (χ0n) is 46.5. The van der Waals surface area contributed by atoms with Gasteiger partial charge >= 0.3 is 23.4 Å². The van der Waals surface area contributed by atoms with Crippen molar-refractivity contribution in [2.24, 2.45) is 54.1 Å². The number of aliphatic hydroxyl groups is 1. The van der Waals surface area contributed by atoms with Gasteiger partial charge in [0.05, 0.1) is 65.9 Å². The number of anilines is 2. The largest absolute Gasteiger partial charge is 0.493 e. The van der Waals surface area contributed by atoms with E-state index >= 15 is 0 Å². The monoisotopic (exact) mass is 1160 g/mol. The number of ether oxygens (including phenoxy) is 6. The van der Waals surface area contributed by atoms with Gasteiger partial charge in [-0.3, -0.25) is 32.5 Å². The first-order valence-electron chi connectivity index (χ1n) is 25.1. The van der Waals surface area contributed by atoms with Crippen LogP contribution in [0.5, 0.6) is 34.5 Å². The van der Waals surface area contributed by atoms with E-state index < -0.39 is 37.7 Å². The standard InChI is InChI=1S/C30H38N6O9S.C23H27N5O6S/c1-19(17-43-27(37)14-31-28(38)45-30(2,3)4)16-42-20-9-8-10-21(11-20)44-25-13-24-23(35(6)29(39)36(24)7)12-22(25)33-46(40,41)26-15-34(5)18-32-26;1-15(12-29)13-33-16-6-5-7-17(8-16)34-21-10-20-19(27(3)23(30)28(20)4)9-18(21)25-35(31,32)22-11-26(2)14-24-22/h8-13,15,18-19,33H,14,16-17H2,1-7H3,(H,31,38);5-11,14-15,25,29H,12-13H2,1-4H3. The molecule has 0 bridgehead atoms. The molecule has 26 nitrogen and oxygen atoms in total. The lowest BCUT2D eigenvalue weighted by Gasteiger charge is -2.19. The zero-order chi connectivity index (χ0) is 59.1. The average Bonchev–Trinajstić information content (AvgIpc) is 4.19.